The molecule has 0 rings (SSSR count). The summed E-state index contributed by atoms with van der Waals surface area (Å²) in [4.78, 5) is 0. The van der Waals surface area contributed by atoms with Crippen molar-refractivity contribution in [2.24, 2.45) is 0 Å². The van der Waals surface area contributed by atoms with Crippen LogP contribution in [-0.4, -0.2) is 43.8 Å². The van der Waals surface area contributed by atoms with Gasteiger partial charge < -0.3 is 20.4 Å². The van der Waals surface area contributed by atoms with E-state index < -0.39 is 0 Å². The molecule has 0 fully saturated rings. The summed E-state index contributed by atoms with van der Waals surface area (Å²) in [7, 11) is 0. The predicted octanol–water partition coefficient (Wildman–Crippen LogP) is -2.79. The van der Waals surface area contributed by atoms with Crippen molar-refractivity contribution < 1.29 is 39.3 Å². The Hall–Kier alpha value is 0.970. The van der Waals surface area contributed by atoms with Gasteiger partial charge in [0.25, 0.3) is 0 Å². The molecule has 0 radical (unpaired) electrons. The number of unbranched alkanes of at least 4 members (excludes halogenated alkanes) is 4. The van der Waals surface area contributed by atoms with E-state index in [1.807, 2.05) is 27.7 Å². The minimum absolute atomic E-state index is 0. The molecule has 0 aliphatic carbocycles. The Balaban J connectivity index is -0.0000000376. The molecule has 0 aromatic rings. The second-order valence-electron chi connectivity index (χ2n) is 4.23. The Labute approximate surface area is 162 Å². The average molecular weight is 326 g/mol. The molecule has 0 saturated heterocycles. The molecule has 0 aromatic heterocycles. The normalized spacial score (nSPS) is 7.64. The van der Waals surface area contributed by atoms with Crippen molar-refractivity contribution in [3.8, 4) is 0 Å². The molecule has 0 aliphatic rings. The zero-order chi connectivity index (χ0) is 16.5. The van der Waals surface area contributed by atoms with E-state index in [-0.39, 0.29) is 62.6 Å². The summed E-state index contributed by atoms with van der Waals surface area (Å²) in [6.07, 6.45) is 7.46. The minimum Gasteiger partial charge on any atom is -0.854 e. The van der Waals surface area contributed by atoms with Gasteiger partial charge in [-0.1, -0.05) is 79.1 Å². The largest absolute Gasteiger partial charge is 3.00 e. The maximum absolute atomic E-state index is 9.53. The third-order valence-electron chi connectivity index (χ3n) is 1.99. The fraction of sp³-hybridized carbons (Fsp3) is 1.00. The van der Waals surface area contributed by atoms with E-state index in [0.29, 0.717) is 0 Å². The molecule has 0 unspecified atom stereocenters. The van der Waals surface area contributed by atoms with E-state index in [9.17, 15) is 20.4 Å². The summed E-state index contributed by atoms with van der Waals surface area (Å²) >= 11 is 0. The molecule has 0 heterocycles. The summed E-state index contributed by atoms with van der Waals surface area (Å²) in [5.74, 6) is 0. The molecule has 0 amide bonds. The first-order valence-electron chi connectivity index (χ1n) is 7.98. The van der Waals surface area contributed by atoms with E-state index in [1.54, 1.807) is 0 Å². The average Bonchev–Trinajstić information content (AvgIpc) is 2.44. The van der Waals surface area contributed by atoms with Crippen LogP contribution in [0.4, 0.5) is 0 Å². The van der Waals surface area contributed by atoms with Crippen LogP contribution in [0.1, 0.15) is 79.1 Å². The van der Waals surface area contributed by atoms with Gasteiger partial charge in [0.1, 0.15) is 0 Å². The molecule has 4 nitrogen and oxygen atoms in total. The van der Waals surface area contributed by atoms with Crippen molar-refractivity contribution >= 4 is 17.4 Å². The topological polar surface area (TPSA) is 92.2 Å². The summed E-state index contributed by atoms with van der Waals surface area (Å²) in [5.41, 5.74) is 0. The van der Waals surface area contributed by atoms with Gasteiger partial charge in [0.2, 0.25) is 0 Å². The molecule has 0 atom stereocenters. The van der Waals surface area contributed by atoms with Gasteiger partial charge in [-0.25, -0.2) is 0 Å². The molecule has 0 aromatic carbocycles. The van der Waals surface area contributed by atoms with E-state index in [1.165, 1.54) is 0 Å². The van der Waals surface area contributed by atoms with E-state index in [2.05, 4.69) is 0 Å². The van der Waals surface area contributed by atoms with Crippen LogP contribution in [-0.2, 0) is 0 Å². The third-order valence-corrected chi connectivity index (χ3v) is 1.99. The molecular weight excluding hydrogens is 290 g/mol. The summed E-state index contributed by atoms with van der Waals surface area (Å²) in [5, 5.41) is 38.1. The van der Waals surface area contributed by atoms with Gasteiger partial charge in [0.15, 0.2) is 0 Å². The summed E-state index contributed by atoms with van der Waals surface area (Å²) in [6, 6.07) is 0. The van der Waals surface area contributed by atoms with Crippen LogP contribution in [0.5, 0.6) is 0 Å². The standard InChI is InChI=1S/4C4H9O.Al.Li/c4*1-2-3-4-5;;/h4*2-4H2,1H3;;/q4*-1;+3;+1. The van der Waals surface area contributed by atoms with Crippen molar-refractivity contribution in [3.63, 3.8) is 0 Å². The Morgan fingerprint density at radius 2 is 0.591 bits per heavy atom. The number of hydrogen-bond donors (Lipinski definition) is 0. The SMILES string of the molecule is CCCC[O-].CCCC[O-].CCCC[O-].CCCC[O-].[Al+3].[Li+]. The van der Waals surface area contributed by atoms with E-state index in [4.69, 9.17) is 0 Å². The van der Waals surface area contributed by atoms with Gasteiger partial charge >= 0.3 is 36.2 Å². The Morgan fingerprint density at radius 1 is 0.455 bits per heavy atom. The Morgan fingerprint density at radius 3 is 0.591 bits per heavy atom. The molecule has 0 saturated carbocycles. The summed E-state index contributed by atoms with van der Waals surface area (Å²) < 4.78 is 0. The molecule has 128 valence electrons. The first-order chi connectivity index (χ1) is 9.66. The minimum atomic E-state index is 0. The van der Waals surface area contributed by atoms with Crippen molar-refractivity contribution in [2.75, 3.05) is 26.4 Å². The van der Waals surface area contributed by atoms with Gasteiger partial charge in [-0.15, -0.1) is 26.4 Å². The molecule has 0 aliphatic heterocycles. The predicted molar refractivity (Wildman–Crippen MR) is 84.9 cm³/mol. The van der Waals surface area contributed by atoms with Crippen LogP contribution in [0.3, 0.4) is 0 Å². The zero-order valence-electron chi connectivity index (χ0n) is 15.7. The van der Waals surface area contributed by atoms with Crippen LogP contribution in [0.15, 0.2) is 0 Å². The number of rotatable bonds is 8. The fourth-order valence-corrected chi connectivity index (χ4v) is 0.577. The van der Waals surface area contributed by atoms with Crippen LogP contribution in [0.25, 0.3) is 0 Å². The van der Waals surface area contributed by atoms with Crippen LogP contribution < -0.4 is 39.3 Å². The van der Waals surface area contributed by atoms with E-state index in [0.717, 1.165) is 51.4 Å². The first-order valence-corrected chi connectivity index (χ1v) is 7.98. The molecule has 22 heavy (non-hydrogen) atoms. The van der Waals surface area contributed by atoms with Crippen molar-refractivity contribution in [3.05, 3.63) is 0 Å². The van der Waals surface area contributed by atoms with Crippen LogP contribution in [0, 0.1) is 0 Å². The Bertz CT molecular complexity index is 80.1. The second kappa shape index (κ2) is 57.4. The van der Waals surface area contributed by atoms with Gasteiger partial charge in [-0.3, -0.25) is 0 Å². The van der Waals surface area contributed by atoms with Crippen molar-refractivity contribution in [1.82, 2.24) is 0 Å². The molecule has 0 N–H and O–H groups in total. The van der Waals surface area contributed by atoms with Crippen LogP contribution >= 0.6 is 0 Å². The second-order valence-corrected chi connectivity index (χ2v) is 4.23. The first kappa shape index (κ1) is 38.5. The van der Waals surface area contributed by atoms with Gasteiger partial charge in [-0.2, -0.15) is 0 Å². The molecule has 0 spiro atoms. The number of hydrogen-bond acceptors (Lipinski definition) is 4. The maximum atomic E-state index is 9.53. The monoisotopic (exact) mass is 326 g/mol. The van der Waals surface area contributed by atoms with Crippen molar-refractivity contribution in [1.29, 1.82) is 0 Å². The van der Waals surface area contributed by atoms with Gasteiger partial charge in [0.05, 0.1) is 0 Å². The van der Waals surface area contributed by atoms with Gasteiger partial charge in [-0.05, 0) is 0 Å². The fourth-order valence-electron chi connectivity index (χ4n) is 0.577. The van der Waals surface area contributed by atoms with Crippen LogP contribution in [0.2, 0.25) is 0 Å². The van der Waals surface area contributed by atoms with E-state index >= 15 is 0 Å². The third kappa shape index (κ3) is 104. The Kier molecular flexibility index (Phi) is 101. The quantitative estimate of drug-likeness (QED) is 0.451. The smallest absolute Gasteiger partial charge is 0.854 e. The maximum Gasteiger partial charge on any atom is 3.00 e. The zero-order valence-corrected chi connectivity index (χ0v) is 16.9. The summed E-state index contributed by atoms with van der Waals surface area (Å²) in [6.45, 7) is 8.42. The molecule has 6 heteroatoms. The van der Waals surface area contributed by atoms with Gasteiger partial charge in [0, 0.05) is 0 Å². The molecular formula is C16H36AlLiO4. The molecule has 0 bridgehead atoms. The van der Waals surface area contributed by atoms with Crippen molar-refractivity contribution in [2.45, 2.75) is 79.1 Å².